The second-order valence-electron chi connectivity index (χ2n) is 10.5. The Morgan fingerprint density at radius 2 is 1.29 bits per heavy atom. The summed E-state index contributed by atoms with van der Waals surface area (Å²) in [7, 11) is 4.27. The highest BCUT2D eigenvalue weighted by molar-refractivity contribution is 6.36. The highest BCUT2D eigenvalue weighted by Gasteiger charge is 2.44. The Morgan fingerprint density at radius 1 is 0.659 bits per heavy atom. The molecule has 3 aliphatic rings. The first-order valence-electron chi connectivity index (χ1n) is 13.1. The third-order valence-electron chi connectivity index (χ3n) is 8.01. The van der Waals surface area contributed by atoms with Gasteiger partial charge >= 0.3 is 11.9 Å². The number of furan rings is 1. The zero-order chi connectivity index (χ0) is 28.9. The summed E-state index contributed by atoms with van der Waals surface area (Å²) in [4.78, 5) is 54.4. The lowest BCUT2D eigenvalue weighted by Gasteiger charge is -2.27. The highest BCUT2D eigenvalue weighted by atomic mass is 16.6. The van der Waals surface area contributed by atoms with E-state index >= 15 is 0 Å². The Morgan fingerprint density at radius 3 is 1.93 bits per heavy atom. The van der Waals surface area contributed by atoms with Crippen molar-refractivity contribution in [1.82, 2.24) is 0 Å². The fourth-order valence-corrected chi connectivity index (χ4v) is 6.41. The van der Waals surface area contributed by atoms with E-state index in [-0.39, 0.29) is 62.1 Å². The van der Waals surface area contributed by atoms with Crippen LogP contribution in [0, 0.1) is 0 Å². The van der Waals surface area contributed by atoms with Gasteiger partial charge in [-0.2, -0.15) is 0 Å². The Kier molecular flexibility index (Phi) is 5.25. The van der Waals surface area contributed by atoms with E-state index in [9.17, 15) is 19.2 Å². The molecule has 0 saturated carbocycles. The van der Waals surface area contributed by atoms with Gasteiger partial charge in [0.25, 0.3) is 0 Å². The van der Waals surface area contributed by atoms with Gasteiger partial charge in [0.2, 0.25) is 11.6 Å². The molecule has 1 aliphatic carbocycles. The van der Waals surface area contributed by atoms with Gasteiger partial charge in [0.05, 0.1) is 54.4 Å². The van der Waals surface area contributed by atoms with Crippen LogP contribution in [0.2, 0.25) is 0 Å². The fraction of sp³-hybridized carbons (Fsp3) is 0.290. The van der Waals surface area contributed by atoms with Crippen LogP contribution in [0.15, 0.2) is 22.6 Å². The Labute approximate surface area is 233 Å². The number of rotatable bonds is 3. The summed E-state index contributed by atoms with van der Waals surface area (Å²) >= 11 is 0. The third kappa shape index (κ3) is 3.24. The molecule has 2 unspecified atom stereocenters. The Hall–Kier alpha value is -4.86. The van der Waals surface area contributed by atoms with Gasteiger partial charge in [0.15, 0.2) is 11.3 Å². The van der Waals surface area contributed by atoms with Crippen LogP contribution in [-0.4, -0.2) is 57.0 Å². The molecule has 0 bridgehead atoms. The van der Waals surface area contributed by atoms with Crippen molar-refractivity contribution in [1.29, 1.82) is 0 Å². The third-order valence-corrected chi connectivity index (χ3v) is 8.01. The van der Waals surface area contributed by atoms with Crippen LogP contribution in [0.25, 0.3) is 21.7 Å². The van der Waals surface area contributed by atoms with Crippen LogP contribution in [-0.2, 0) is 22.3 Å². The first kappa shape index (κ1) is 25.1. The van der Waals surface area contributed by atoms with E-state index in [4.69, 9.17) is 28.1 Å². The molecule has 0 saturated heterocycles. The van der Waals surface area contributed by atoms with Crippen molar-refractivity contribution in [2.45, 2.75) is 38.9 Å². The van der Waals surface area contributed by atoms with Gasteiger partial charge in [-0.1, -0.05) is 0 Å². The molecular formula is C31H24O10. The number of hydrogen-bond acceptors (Lipinski definition) is 10. The van der Waals surface area contributed by atoms with Crippen molar-refractivity contribution >= 4 is 45.2 Å². The van der Waals surface area contributed by atoms with Gasteiger partial charge in [-0.15, -0.1) is 0 Å². The van der Waals surface area contributed by atoms with Gasteiger partial charge < -0.3 is 28.1 Å². The monoisotopic (exact) mass is 556 g/mol. The van der Waals surface area contributed by atoms with Gasteiger partial charge in [0.1, 0.15) is 35.0 Å². The van der Waals surface area contributed by atoms with Crippen molar-refractivity contribution in [3.05, 3.63) is 62.9 Å². The van der Waals surface area contributed by atoms with E-state index in [0.29, 0.717) is 34.9 Å². The first-order chi connectivity index (χ1) is 19.7. The number of benzene rings is 3. The minimum atomic E-state index is -0.692. The molecule has 2 atom stereocenters. The van der Waals surface area contributed by atoms with Crippen LogP contribution in [0.3, 0.4) is 0 Å². The maximum absolute atomic E-state index is 14.2. The second kappa shape index (κ2) is 8.57. The molecule has 4 aromatic rings. The van der Waals surface area contributed by atoms with Gasteiger partial charge in [-0.3, -0.25) is 9.59 Å². The Balaban J connectivity index is 1.59. The standard InChI is InChI=1S/C31H24O10/c1-11-6-13-8-15-10-17(37-4)22-24-25(32)21-16(36-3)9-14-7-12(2)39-30(34)18(14)23(21)26(33)29(24)41-28(22)19(15)27(38-5)20(13)31(35)40-11/h8-12H,6-7H2,1-5H3. The largest absolute Gasteiger partial charge is 0.496 e. The van der Waals surface area contributed by atoms with Crippen molar-refractivity contribution in [3.63, 3.8) is 0 Å². The van der Waals surface area contributed by atoms with E-state index in [0.717, 1.165) is 5.56 Å². The maximum atomic E-state index is 14.2. The van der Waals surface area contributed by atoms with Crippen LogP contribution >= 0.6 is 0 Å². The predicted molar refractivity (Wildman–Crippen MR) is 144 cm³/mol. The second-order valence-corrected chi connectivity index (χ2v) is 10.5. The minimum absolute atomic E-state index is 0.0250. The summed E-state index contributed by atoms with van der Waals surface area (Å²) in [6.07, 6.45) is 0.115. The number of ketones is 2. The van der Waals surface area contributed by atoms with Crippen molar-refractivity contribution in [3.8, 4) is 17.2 Å². The zero-order valence-electron chi connectivity index (χ0n) is 22.9. The molecule has 10 heteroatoms. The number of cyclic esters (lactones) is 2. The van der Waals surface area contributed by atoms with Crippen molar-refractivity contribution in [2.24, 2.45) is 0 Å². The SMILES string of the molecule is COc1cc2c(c3c1C(=O)c1c(oc4c1c(OC)cc1cc5c(c(OC)c14)C(=O)OC(C)C5)C3=O)C(=O)OC(C)C2. The normalized spacial score (nSPS) is 19.2. The number of ether oxygens (including phenoxy) is 5. The molecule has 10 nitrogen and oxygen atoms in total. The molecule has 0 amide bonds. The summed E-state index contributed by atoms with van der Waals surface area (Å²) < 4.78 is 34.1. The fourth-order valence-electron chi connectivity index (χ4n) is 6.41. The maximum Gasteiger partial charge on any atom is 0.342 e. The average molecular weight is 557 g/mol. The molecule has 0 fully saturated rings. The van der Waals surface area contributed by atoms with Gasteiger partial charge in [-0.05, 0) is 48.6 Å². The average Bonchev–Trinajstić information content (AvgIpc) is 3.34. The lowest BCUT2D eigenvalue weighted by molar-refractivity contribution is 0.0287. The molecule has 7 rings (SSSR count). The summed E-state index contributed by atoms with van der Waals surface area (Å²) in [5, 5.41) is 1.25. The summed E-state index contributed by atoms with van der Waals surface area (Å²) in [6.45, 7) is 3.55. The first-order valence-corrected chi connectivity index (χ1v) is 13.1. The molecule has 2 aliphatic heterocycles. The summed E-state index contributed by atoms with van der Waals surface area (Å²) in [6, 6.07) is 5.16. The molecule has 208 valence electrons. The van der Waals surface area contributed by atoms with Crippen LogP contribution < -0.4 is 14.2 Å². The predicted octanol–water partition coefficient (Wildman–Crippen LogP) is 4.59. The number of carbonyl (C=O) groups excluding carboxylic acids is 4. The van der Waals surface area contributed by atoms with Crippen molar-refractivity contribution < 1.29 is 47.3 Å². The van der Waals surface area contributed by atoms with E-state index in [2.05, 4.69) is 0 Å². The molecule has 1 aromatic heterocycles. The van der Waals surface area contributed by atoms with E-state index < -0.39 is 29.6 Å². The molecule has 0 spiro atoms. The number of fused-ring (bicyclic) bond motifs is 9. The van der Waals surface area contributed by atoms with E-state index in [1.165, 1.54) is 21.3 Å². The lowest BCUT2D eigenvalue weighted by atomic mass is 9.80. The van der Waals surface area contributed by atoms with Crippen LogP contribution in [0.5, 0.6) is 17.2 Å². The van der Waals surface area contributed by atoms with E-state index in [1.807, 2.05) is 6.07 Å². The molecule has 3 heterocycles. The number of methoxy groups -OCH3 is 3. The number of esters is 2. The lowest BCUT2D eigenvalue weighted by Crippen LogP contribution is -2.31. The van der Waals surface area contributed by atoms with Gasteiger partial charge in [-0.25, -0.2) is 9.59 Å². The molecule has 41 heavy (non-hydrogen) atoms. The molecule has 0 N–H and O–H groups in total. The van der Waals surface area contributed by atoms with Crippen LogP contribution in [0.4, 0.5) is 0 Å². The Bertz CT molecular complexity index is 1910. The molecule has 0 radical (unpaired) electrons. The summed E-state index contributed by atoms with van der Waals surface area (Å²) in [5.74, 6) is -2.04. The molecular weight excluding hydrogens is 532 g/mol. The smallest absolute Gasteiger partial charge is 0.342 e. The highest BCUT2D eigenvalue weighted by Crippen LogP contribution is 2.49. The van der Waals surface area contributed by atoms with E-state index in [1.54, 1.807) is 26.0 Å². The van der Waals surface area contributed by atoms with Crippen LogP contribution in [0.1, 0.15) is 77.7 Å². The minimum Gasteiger partial charge on any atom is -0.496 e. The topological polar surface area (TPSA) is 128 Å². The number of hydrogen-bond donors (Lipinski definition) is 0. The summed E-state index contributed by atoms with van der Waals surface area (Å²) in [5.41, 5.74) is 1.52. The molecule has 3 aromatic carbocycles. The number of carbonyl (C=O) groups is 4. The van der Waals surface area contributed by atoms with Crippen molar-refractivity contribution in [2.75, 3.05) is 21.3 Å². The quantitative estimate of drug-likeness (QED) is 0.291. The van der Waals surface area contributed by atoms with Gasteiger partial charge in [0, 0.05) is 12.8 Å². The zero-order valence-corrected chi connectivity index (χ0v) is 22.9.